The highest BCUT2D eigenvalue weighted by molar-refractivity contribution is 6.46. The van der Waals surface area contributed by atoms with Gasteiger partial charge in [0.15, 0.2) is 0 Å². The van der Waals surface area contributed by atoms with Crippen molar-refractivity contribution in [3.05, 3.63) is 84.1 Å². The number of imide groups is 1. The molecular weight excluding hydrogens is 430 g/mol. The summed E-state index contributed by atoms with van der Waals surface area (Å²) >= 11 is 0. The average Bonchev–Trinajstić information content (AvgIpc) is 3.09. The normalized spacial score (nSPS) is 13.4. The molecule has 174 valence electrons. The van der Waals surface area contributed by atoms with Crippen molar-refractivity contribution in [3.63, 3.8) is 0 Å². The molecule has 0 radical (unpaired) electrons. The van der Waals surface area contributed by atoms with Crippen LogP contribution in [-0.4, -0.2) is 39.6 Å². The predicted octanol–water partition coefficient (Wildman–Crippen LogP) is 4.56. The van der Waals surface area contributed by atoms with Gasteiger partial charge in [-0.2, -0.15) is 0 Å². The number of ether oxygens (including phenoxy) is 2. The quantitative estimate of drug-likeness (QED) is 0.500. The molecule has 0 unspecified atom stereocenters. The van der Waals surface area contributed by atoms with Crippen molar-refractivity contribution in [2.24, 2.45) is 0 Å². The van der Waals surface area contributed by atoms with Gasteiger partial charge in [-0.3, -0.25) is 9.59 Å². The van der Waals surface area contributed by atoms with Crippen LogP contribution in [0.4, 0.5) is 17.1 Å². The second-order valence-electron chi connectivity index (χ2n) is 7.92. The lowest BCUT2D eigenvalue weighted by Crippen LogP contribution is -2.32. The molecule has 1 aliphatic rings. The highest BCUT2D eigenvalue weighted by Gasteiger charge is 2.40. The Bertz CT molecular complexity index is 1210. The zero-order chi connectivity index (χ0) is 24.2. The number of benzene rings is 3. The number of carbonyl (C=O) groups excluding carboxylic acids is 2. The van der Waals surface area contributed by atoms with Crippen molar-refractivity contribution < 1.29 is 19.1 Å². The van der Waals surface area contributed by atoms with Crippen LogP contribution in [0.2, 0.25) is 0 Å². The number of hydrogen-bond donors (Lipinski definition) is 1. The summed E-state index contributed by atoms with van der Waals surface area (Å²) in [6.45, 7) is 2.48. The fraction of sp³-hybridized carbons (Fsp3) is 0.185. The van der Waals surface area contributed by atoms with E-state index in [-0.39, 0.29) is 11.6 Å². The highest BCUT2D eigenvalue weighted by Crippen LogP contribution is 2.35. The van der Waals surface area contributed by atoms with E-state index in [2.05, 4.69) is 5.32 Å². The van der Waals surface area contributed by atoms with Crippen LogP contribution in [-0.2, 0) is 9.59 Å². The molecule has 0 aromatic heterocycles. The molecule has 3 aromatic rings. The molecule has 7 nitrogen and oxygen atoms in total. The summed E-state index contributed by atoms with van der Waals surface area (Å²) in [6, 6.07) is 21.7. The fourth-order valence-corrected chi connectivity index (χ4v) is 3.75. The van der Waals surface area contributed by atoms with Crippen molar-refractivity contribution in [1.82, 2.24) is 0 Å². The predicted molar refractivity (Wildman–Crippen MR) is 134 cm³/mol. The summed E-state index contributed by atoms with van der Waals surface area (Å²) in [5, 5.41) is 3.17. The third kappa shape index (κ3) is 4.45. The molecule has 0 bridgehead atoms. The van der Waals surface area contributed by atoms with Gasteiger partial charge in [-0.05, 0) is 73.2 Å². The van der Waals surface area contributed by atoms with Crippen LogP contribution in [0.15, 0.2) is 78.5 Å². The summed E-state index contributed by atoms with van der Waals surface area (Å²) < 4.78 is 10.7. The van der Waals surface area contributed by atoms with Gasteiger partial charge in [0.05, 0.1) is 25.0 Å². The minimum absolute atomic E-state index is 0.219. The summed E-state index contributed by atoms with van der Waals surface area (Å²) in [6.07, 6.45) is 0. The smallest absolute Gasteiger partial charge is 0.282 e. The molecule has 0 spiro atoms. The van der Waals surface area contributed by atoms with Crippen LogP contribution in [0.3, 0.4) is 0 Å². The maximum Gasteiger partial charge on any atom is 0.282 e. The topological polar surface area (TPSA) is 71.1 Å². The van der Waals surface area contributed by atoms with E-state index >= 15 is 0 Å². The zero-order valence-electron chi connectivity index (χ0n) is 19.7. The second kappa shape index (κ2) is 9.70. The van der Waals surface area contributed by atoms with Crippen molar-refractivity contribution in [3.8, 4) is 11.5 Å². The van der Waals surface area contributed by atoms with Crippen LogP contribution in [0.5, 0.6) is 11.5 Å². The van der Waals surface area contributed by atoms with Gasteiger partial charge in [0.25, 0.3) is 11.8 Å². The zero-order valence-corrected chi connectivity index (χ0v) is 19.7. The lowest BCUT2D eigenvalue weighted by atomic mass is 10.0. The van der Waals surface area contributed by atoms with E-state index < -0.39 is 5.91 Å². The third-order valence-electron chi connectivity index (χ3n) is 5.52. The third-order valence-corrected chi connectivity index (χ3v) is 5.52. The molecule has 34 heavy (non-hydrogen) atoms. The summed E-state index contributed by atoms with van der Waals surface area (Å²) in [5.41, 5.74) is 3.30. The first-order valence-electron chi connectivity index (χ1n) is 11.0. The van der Waals surface area contributed by atoms with Crippen LogP contribution >= 0.6 is 0 Å². The molecule has 3 aromatic carbocycles. The van der Waals surface area contributed by atoms with E-state index in [1.807, 2.05) is 62.3 Å². The first-order valence-corrected chi connectivity index (χ1v) is 11.0. The largest absolute Gasteiger partial charge is 0.497 e. The van der Waals surface area contributed by atoms with Crippen molar-refractivity contribution in [1.29, 1.82) is 0 Å². The maximum absolute atomic E-state index is 13.6. The minimum atomic E-state index is -0.415. The van der Waals surface area contributed by atoms with Gasteiger partial charge in [-0.25, -0.2) is 4.90 Å². The maximum atomic E-state index is 13.6. The lowest BCUT2D eigenvalue weighted by Gasteiger charge is -2.18. The van der Waals surface area contributed by atoms with Crippen LogP contribution in [0.25, 0.3) is 5.57 Å². The fourth-order valence-electron chi connectivity index (χ4n) is 3.75. The van der Waals surface area contributed by atoms with E-state index in [1.54, 1.807) is 43.5 Å². The Balaban J connectivity index is 1.73. The van der Waals surface area contributed by atoms with E-state index in [0.717, 1.165) is 11.4 Å². The van der Waals surface area contributed by atoms with Gasteiger partial charge in [0.2, 0.25) is 0 Å². The first kappa shape index (κ1) is 22.9. The standard InChI is InChI=1S/C27H27N3O4/c1-5-34-23-16-8-19(9-17-23)28-25-24(18-6-14-22(33-4)15-7-18)26(31)30(27(25)32)21-12-10-20(11-13-21)29(2)3/h6-17,28H,5H2,1-4H3. The molecular formula is C27H27N3O4. The van der Waals surface area contributed by atoms with Crippen LogP contribution in [0.1, 0.15) is 12.5 Å². The lowest BCUT2D eigenvalue weighted by molar-refractivity contribution is -0.120. The molecule has 0 saturated carbocycles. The monoisotopic (exact) mass is 457 g/mol. The molecule has 1 heterocycles. The van der Waals surface area contributed by atoms with Crippen LogP contribution < -0.4 is 24.6 Å². The Hall–Kier alpha value is -4.26. The number of amides is 2. The Kier molecular flexibility index (Phi) is 6.54. The molecule has 0 atom stereocenters. The Morgan fingerprint density at radius 3 is 2.00 bits per heavy atom. The highest BCUT2D eigenvalue weighted by atomic mass is 16.5. The SMILES string of the molecule is CCOc1ccc(NC2=C(c3ccc(OC)cc3)C(=O)N(c3ccc(N(C)C)cc3)C2=O)cc1. The van der Waals surface area contributed by atoms with Gasteiger partial charge in [0.1, 0.15) is 17.2 Å². The molecule has 1 aliphatic heterocycles. The average molecular weight is 458 g/mol. The van der Waals surface area contributed by atoms with Crippen LogP contribution in [0, 0.1) is 0 Å². The Morgan fingerprint density at radius 2 is 1.44 bits per heavy atom. The Morgan fingerprint density at radius 1 is 0.824 bits per heavy atom. The van der Waals surface area contributed by atoms with Crippen molar-refractivity contribution in [2.45, 2.75) is 6.92 Å². The molecule has 0 aliphatic carbocycles. The van der Waals surface area contributed by atoms with Crippen molar-refractivity contribution in [2.75, 3.05) is 42.9 Å². The number of nitrogens with zero attached hydrogens (tertiary/aromatic N) is 2. The molecule has 2 amide bonds. The van der Waals surface area contributed by atoms with E-state index in [1.165, 1.54) is 4.90 Å². The molecule has 0 saturated heterocycles. The number of nitrogens with one attached hydrogen (secondary N) is 1. The molecule has 1 N–H and O–H groups in total. The van der Waals surface area contributed by atoms with Gasteiger partial charge in [-0.1, -0.05) is 12.1 Å². The van der Waals surface area contributed by atoms with E-state index in [9.17, 15) is 9.59 Å². The van der Waals surface area contributed by atoms with E-state index in [4.69, 9.17) is 9.47 Å². The summed E-state index contributed by atoms with van der Waals surface area (Å²) in [5.74, 6) is 0.593. The molecule has 0 fully saturated rings. The van der Waals surface area contributed by atoms with E-state index in [0.29, 0.717) is 34.9 Å². The van der Waals surface area contributed by atoms with Crippen molar-refractivity contribution >= 4 is 34.4 Å². The summed E-state index contributed by atoms with van der Waals surface area (Å²) in [7, 11) is 5.45. The number of hydrogen-bond acceptors (Lipinski definition) is 6. The first-order chi connectivity index (χ1) is 16.4. The molecule has 4 rings (SSSR count). The number of carbonyl (C=O) groups is 2. The number of anilines is 3. The van der Waals surface area contributed by atoms with Gasteiger partial charge < -0.3 is 19.7 Å². The second-order valence-corrected chi connectivity index (χ2v) is 7.92. The minimum Gasteiger partial charge on any atom is -0.497 e. The number of rotatable bonds is 8. The van der Waals surface area contributed by atoms with Gasteiger partial charge in [-0.15, -0.1) is 0 Å². The van der Waals surface area contributed by atoms with Gasteiger partial charge >= 0.3 is 0 Å². The van der Waals surface area contributed by atoms with Gasteiger partial charge in [0, 0.05) is 25.5 Å². The Labute approximate surface area is 199 Å². The molecule has 7 heteroatoms. The number of methoxy groups -OCH3 is 1. The summed E-state index contributed by atoms with van der Waals surface area (Å²) in [4.78, 5) is 30.3.